The summed E-state index contributed by atoms with van der Waals surface area (Å²) in [4.78, 5) is 13.6. The number of hydrogen-bond donors (Lipinski definition) is 0. The summed E-state index contributed by atoms with van der Waals surface area (Å²) in [5.74, 6) is 7.27. The van der Waals surface area contributed by atoms with Gasteiger partial charge in [0.05, 0.1) is 0 Å². The number of carbonyl (C=O) groups excluding carboxylic acids is 1. The summed E-state index contributed by atoms with van der Waals surface area (Å²) in [7, 11) is 0. The van der Waals surface area contributed by atoms with Gasteiger partial charge in [0.1, 0.15) is 0 Å². The minimum absolute atomic E-state index is 0.478. The Bertz CT molecular complexity index is 1170. The summed E-state index contributed by atoms with van der Waals surface area (Å²) >= 11 is 0. The monoisotopic (exact) mass is 629 g/mol. The lowest BCUT2D eigenvalue weighted by molar-refractivity contribution is -0.116. The van der Waals surface area contributed by atoms with Crippen LogP contribution in [0, 0.1) is 59.2 Å². The van der Waals surface area contributed by atoms with Crippen LogP contribution in [-0.4, -0.2) is 5.78 Å². The van der Waals surface area contributed by atoms with E-state index in [0.717, 1.165) is 36.5 Å². The quantitative estimate of drug-likeness (QED) is 0.198. The molecule has 5 rings (SSSR count). The number of allylic oxidation sites excluding steroid dienone is 8. The van der Waals surface area contributed by atoms with Crippen LogP contribution in [0.5, 0.6) is 0 Å². The van der Waals surface area contributed by atoms with E-state index in [1.165, 1.54) is 108 Å². The van der Waals surface area contributed by atoms with Crippen molar-refractivity contribution in [3.05, 3.63) is 45.6 Å². The van der Waals surface area contributed by atoms with Crippen LogP contribution in [0.4, 0.5) is 0 Å². The first-order valence-corrected chi connectivity index (χ1v) is 20.6. The molecule has 0 aromatic heterocycles. The minimum atomic E-state index is 0.478. The average Bonchev–Trinajstić information content (AvgIpc) is 3.60. The molecule has 0 radical (unpaired) electrons. The average molecular weight is 629 g/mol. The Morgan fingerprint density at radius 1 is 0.826 bits per heavy atom. The molecule has 0 amide bonds. The summed E-state index contributed by atoms with van der Waals surface area (Å²) in [6.07, 6.45) is 28.3. The Kier molecular flexibility index (Phi) is 12.8. The topological polar surface area (TPSA) is 17.1 Å². The van der Waals surface area contributed by atoms with Crippen LogP contribution >= 0.6 is 0 Å². The minimum Gasteiger partial charge on any atom is -0.295 e. The first-order chi connectivity index (χ1) is 22.2. The van der Waals surface area contributed by atoms with Gasteiger partial charge in [0.2, 0.25) is 0 Å². The molecule has 0 spiro atoms. The third-order valence-electron chi connectivity index (χ3n) is 13.5. The molecule has 0 aliphatic heterocycles. The fraction of sp³-hybridized carbons (Fsp3) is 0.800. The van der Waals surface area contributed by atoms with E-state index < -0.39 is 0 Å². The van der Waals surface area contributed by atoms with E-state index in [4.69, 9.17) is 0 Å². The van der Waals surface area contributed by atoms with E-state index in [0.29, 0.717) is 41.3 Å². The third kappa shape index (κ3) is 8.25. The Balaban J connectivity index is 1.47. The van der Waals surface area contributed by atoms with Gasteiger partial charge in [-0.1, -0.05) is 105 Å². The first kappa shape index (κ1) is 35.9. The van der Waals surface area contributed by atoms with Crippen LogP contribution in [0.3, 0.4) is 0 Å². The van der Waals surface area contributed by atoms with Crippen LogP contribution < -0.4 is 0 Å². The van der Waals surface area contributed by atoms with Crippen molar-refractivity contribution in [1.29, 1.82) is 0 Å². The highest BCUT2D eigenvalue weighted by Gasteiger charge is 2.42. The Hall–Kier alpha value is -1.37. The highest BCUT2D eigenvalue weighted by Crippen LogP contribution is 2.52. The molecule has 3 saturated carbocycles. The maximum atomic E-state index is 13.6. The summed E-state index contributed by atoms with van der Waals surface area (Å²) < 4.78 is 0. The summed E-state index contributed by atoms with van der Waals surface area (Å²) in [6.45, 7) is 19.7. The maximum absolute atomic E-state index is 13.6. The molecule has 0 aromatic rings. The van der Waals surface area contributed by atoms with Gasteiger partial charge in [-0.2, -0.15) is 0 Å². The van der Waals surface area contributed by atoms with Crippen molar-refractivity contribution in [1.82, 2.24) is 0 Å². The molecular formula is C45H72O. The van der Waals surface area contributed by atoms with Crippen LogP contribution in [0.15, 0.2) is 45.6 Å². The lowest BCUT2D eigenvalue weighted by atomic mass is 9.67. The first-order valence-electron chi connectivity index (χ1n) is 20.6. The summed E-state index contributed by atoms with van der Waals surface area (Å²) in [5, 5.41) is 0. The molecule has 5 aliphatic carbocycles. The maximum Gasteiger partial charge on any atom is 0.158 e. The van der Waals surface area contributed by atoms with E-state index in [1.807, 2.05) is 5.57 Å². The Morgan fingerprint density at radius 3 is 2.26 bits per heavy atom. The molecular weight excluding hydrogens is 556 g/mol. The highest BCUT2D eigenvalue weighted by molar-refractivity contribution is 5.96. The molecule has 8 unspecified atom stereocenters. The molecule has 8 atom stereocenters. The van der Waals surface area contributed by atoms with Crippen molar-refractivity contribution < 1.29 is 4.79 Å². The number of unbranched alkanes of at least 4 members (excludes halogenated alkanes) is 1. The predicted octanol–water partition coefficient (Wildman–Crippen LogP) is 13.4. The van der Waals surface area contributed by atoms with Crippen LogP contribution in [-0.2, 0) is 4.79 Å². The van der Waals surface area contributed by atoms with Gasteiger partial charge in [-0.3, -0.25) is 4.79 Å². The van der Waals surface area contributed by atoms with Gasteiger partial charge in [0, 0.05) is 6.42 Å². The second-order valence-electron chi connectivity index (χ2n) is 17.4. The van der Waals surface area contributed by atoms with E-state index in [-0.39, 0.29) is 0 Å². The predicted molar refractivity (Wildman–Crippen MR) is 199 cm³/mol. The summed E-state index contributed by atoms with van der Waals surface area (Å²) in [6, 6.07) is 0. The third-order valence-corrected chi connectivity index (χ3v) is 13.5. The van der Waals surface area contributed by atoms with E-state index in [1.54, 1.807) is 22.3 Å². The largest absolute Gasteiger partial charge is 0.295 e. The van der Waals surface area contributed by atoms with E-state index in [9.17, 15) is 4.79 Å². The molecule has 1 heteroatoms. The Morgan fingerprint density at radius 2 is 1.59 bits per heavy atom. The lowest BCUT2D eigenvalue weighted by Gasteiger charge is -2.38. The zero-order valence-electron chi connectivity index (χ0n) is 31.6. The molecule has 46 heavy (non-hydrogen) atoms. The second-order valence-corrected chi connectivity index (χ2v) is 17.4. The van der Waals surface area contributed by atoms with Gasteiger partial charge in [-0.15, -0.1) is 0 Å². The number of hydrogen-bond acceptors (Lipinski definition) is 1. The van der Waals surface area contributed by atoms with Crippen molar-refractivity contribution in [3.8, 4) is 0 Å². The van der Waals surface area contributed by atoms with Crippen molar-refractivity contribution >= 4 is 5.78 Å². The lowest BCUT2D eigenvalue weighted by Crippen LogP contribution is -2.27. The number of ketones is 1. The number of fused-ring (bicyclic) bond motifs is 1. The highest BCUT2D eigenvalue weighted by atomic mass is 16.1. The van der Waals surface area contributed by atoms with Crippen LogP contribution in [0.2, 0.25) is 0 Å². The second kappa shape index (κ2) is 16.4. The van der Waals surface area contributed by atoms with Crippen LogP contribution in [0.25, 0.3) is 0 Å². The van der Waals surface area contributed by atoms with Crippen LogP contribution in [0.1, 0.15) is 171 Å². The van der Waals surface area contributed by atoms with E-state index in [2.05, 4.69) is 67.5 Å². The SMILES string of the molecule is CCCCC1=C(CC)C(C2CCCC2)=CC(CCC)C(C2CCC(C)CC(CCC(=O)C3=CC4CC4CC3C)C(C)C2)=C1C(C)C. The smallest absolute Gasteiger partial charge is 0.158 e. The number of carbonyl (C=O) groups is 1. The molecule has 1 nitrogen and oxygen atoms in total. The van der Waals surface area contributed by atoms with Gasteiger partial charge in [0.15, 0.2) is 5.78 Å². The van der Waals surface area contributed by atoms with Crippen molar-refractivity contribution in [2.24, 2.45) is 59.2 Å². The van der Waals surface area contributed by atoms with Crippen molar-refractivity contribution in [2.45, 2.75) is 171 Å². The summed E-state index contributed by atoms with van der Waals surface area (Å²) in [5.41, 5.74) is 10.2. The zero-order chi connectivity index (χ0) is 33.0. The van der Waals surface area contributed by atoms with Gasteiger partial charge in [0.25, 0.3) is 0 Å². The molecule has 0 saturated heterocycles. The van der Waals surface area contributed by atoms with Crippen molar-refractivity contribution in [2.75, 3.05) is 0 Å². The molecule has 258 valence electrons. The molecule has 0 aromatic carbocycles. The molecule has 3 fully saturated rings. The normalized spacial score (nSPS) is 34.2. The number of rotatable bonds is 13. The standard InChI is InChI=1S/C45H72O/c1-9-12-18-40-39(11-3)42(33-16-13-14-17-33)27-35(15-10-2)45(44(40)29(4)5)36-20-19-30(6)23-34(31(7)24-36)21-22-43(46)41-28-38-26-37(38)25-32(41)8/h27-38H,9-26H2,1-8H3. The fourth-order valence-corrected chi connectivity index (χ4v) is 10.9. The zero-order valence-corrected chi connectivity index (χ0v) is 31.6. The van der Waals surface area contributed by atoms with Gasteiger partial charge >= 0.3 is 0 Å². The van der Waals surface area contributed by atoms with Gasteiger partial charge in [-0.25, -0.2) is 0 Å². The van der Waals surface area contributed by atoms with Gasteiger partial charge < -0.3 is 0 Å². The molecule has 0 heterocycles. The fourth-order valence-electron chi connectivity index (χ4n) is 10.9. The Labute approximate surface area is 285 Å². The van der Waals surface area contributed by atoms with Crippen molar-refractivity contribution in [3.63, 3.8) is 0 Å². The molecule has 0 bridgehead atoms. The van der Waals surface area contributed by atoms with Gasteiger partial charge in [-0.05, 0) is 164 Å². The molecule has 0 N–H and O–H groups in total. The number of Topliss-reactive ketones (excluding diaryl/α,β-unsaturated/α-hetero) is 1. The molecule has 5 aliphatic rings. The van der Waals surface area contributed by atoms with E-state index >= 15 is 0 Å².